The lowest BCUT2D eigenvalue weighted by Crippen LogP contribution is -2.57. The molecule has 6 atom stereocenters. The summed E-state index contributed by atoms with van der Waals surface area (Å²) in [6.07, 6.45) is 0.593. The van der Waals surface area contributed by atoms with Gasteiger partial charge in [0.2, 0.25) is 11.8 Å². The Morgan fingerprint density at radius 3 is 2.06 bits per heavy atom. The Morgan fingerprint density at radius 1 is 0.936 bits per heavy atom. The zero-order chi connectivity index (χ0) is 35.3. The summed E-state index contributed by atoms with van der Waals surface area (Å²) in [6.45, 7) is 17.9. The van der Waals surface area contributed by atoms with Crippen molar-refractivity contribution in [2.45, 2.75) is 124 Å². The van der Waals surface area contributed by atoms with E-state index in [4.69, 9.17) is 9.47 Å². The molecule has 2 aromatic carbocycles. The number of nitrogens with one attached hydrogen (secondary N) is 2. The number of aromatic hydroxyl groups is 1. The molecule has 0 bridgehead atoms. The van der Waals surface area contributed by atoms with E-state index in [-0.39, 0.29) is 35.6 Å². The molecule has 0 heterocycles. The van der Waals surface area contributed by atoms with Crippen LogP contribution in [0, 0.1) is 18.8 Å². The van der Waals surface area contributed by atoms with Crippen LogP contribution in [-0.2, 0) is 30.3 Å². The van der Waals surface area contributed by atoms with Gasteiger partial charge < -0.3 is 30.1 Å². The van der Waals surface area contributed by atoms with Gasteiger partial charge in [-0.3, -0.25) is 9.59 Å². The van der Waals surface area contributed by atoms with Gasteiger partial charge in [-0.25, -0.2) is 9.59 Å². The molecule has 6 unspecified atom stereocenters. The molecule has 10 heteroatoms. The number of alkyl carbamates (subject to hydrolysis) is 1. The molecule has 0 aliphatic heterocycles. The van der Waals surface area contributed by atoms with E-state index < -0.39 is 53.2 Å². The van der Waals surface area contributed by atoms with Crippen molar-refractivity contribution in [1.29, 1.82) is 0 Å². The van der Waals surface area contributed by atoms with Crippen LogP contribution in [0.2, 0.25) is 0 Å². The lowest BCUT2D eigenvalue weighted by Gasteiger charge is -2.37. The Balaban J connectivity index is 2.12. The molecule has 10 nitrogen and oxygen atoms in total. The minimum Gasteiger partial charge on any atom is -0.507 e. The molecular formula is C37H53N3O7. The van der Waals surface area contributed by atoms with E-state index in [1.54, 1.807) is 66.7 Å². The summed E-state index contributed by atoms with van der Waals surface area (Å²) in [5.74, 6) is -2.12. The predicted molar refractivity (Wildman–Crippen MR) is 181 cm³/mol. The fourth-order valence-electron chi connectivity index (χ4n) is 5.44. The molecule has 3 rings (SSSR count). The molecule has 3 amide bonds. The molecular weight excluding hydrogens is 598 g/mol. The van der Waals surface area contributed by atoms with Crippen LogP contribution in [0.3, 0.4) is 0 Å². The Morgan fingerprint density at radius 2 is 1.53 bits per heavy atom. The molecule has 1 fully saturated rings. The van der Waals surface area contributed by atoms with E-state index >= 15 is 0 Å². The predicted octanol–water partition coefficient (Wildman–Crippen LogP) is 5.99. The van der Waals surface area contributed by atoms with Crippen molar-refractivity contribution in [3.8, 4) is 5.75 Å². The van der Waals surface area contributed by atoms with E-state index in [9.17, 15) is 24.3 Å². The summed E-state index contributed by atoms with van der Waals surface area (Å²) in [4.78, 5) is 57.3. The van der Waals surface area contributed by atoms with Gasteiger partial charge in [0.25, 0.3) is 0 Å². The second-order valence-electron chi connectivity index (χ2n) is 14.7. The van der Waals surface area contributed by atoms with Gasteiger partial charge in [0.1, 0.15) is 35.1 Å². The van der Waals surface area contributed by atoms with Gasteiger partial charge >= 0.3 is 12.1 Å². The van der Waals surface area contributed by atoms with Crippen LogP contribution >= 0.6 is 0 Å². The highest BCUT2D eigenvalue weighted by molar-refractivity contribution is 5.95. The first-order chi connectivity index (χ1) is 21.8. The lowest BCUT2D eigenvalue weighted by atomic mass is 9.94. The van der Waals surface area contributed by atoms with Crippen LogP contribution in [0.5, 0.6) is 5.75 Å². The largest absolute Gasteiger partial charge is 0.507 e. The number of amides is 3. The Bertz CT molecular complexity index is 1410. The highest BCUT2D eigenvalue weighted by Gasteiger charge is 2.50. The number of aryl methyl sites for hydroxylation is 1. The molecule has 1 aliphatic rings. The number of phenols is 1. The molecule has 1 aliphatic carbocycles. The van der Waals surface area contributed by atoms with Crippen LogP contribution in [-0.4, -0.2) is 63.2 Å². The van der Waals surface area contributed by atoms with Gasteiger partial charge in [-0.2, -0.15) is 0 Å². The van der Waals surface area contributed by atoms with Crippen molar-refractivity contribution >= 4 is 23.9 Å². The normalized spacial score (nSPS) is 18.6. The third-order valence-corrected chi connectivity index (χ3v) is 8.21. The van der Waals surface area contributed by atoms with Gasteiger partial charge in [0, 0.05) is 18.0 Å². The number of para-hydroxylation sites is 1. The van der Waals surface area contributed by atoms with Crippen molar-refractivity contribution in [3.05, 3.63) is 65.2 Å². The maximum absolute atomic E-state index is 14.7. The highest BCUT2D eigenvalue weighted by atomic mass is 16.6. The SMILES string of the molecule is CCC(C)C(NC(=O)OC(C)(C)C)C(=O)N(C(C(=O)NC(Cc1ccccc1)C(=O)OC(C)(C)C)c1cccc(C)c1O)C1CC1C. The summed E-state index contributed by atoms with van der Waals surface area (Å²) in [7, 11) is 0. The second kappa shape index (κ2) is 15.2. The van der Waals surface area contributed by atoms with Crippen LogP contribution in [0.25, 0.3) is 0 Å². The molecule has 0 spiro atoms. The fraction of sp³-hybridized carbons (Fsp3) is 0.568. The molecule has 258 valence electrons. The van der Waals surface area contributed by atoms with Crippen LogP contribution < -0.4 is 10.6 Å². The van der Waals surface area contributed by atoms with Gasteiger partial charge in [-0.05, 0) is 77.8 Å². The number of phenolic OH excluding ortho intramolecular Hbond substituents is 1. The standard InChI is InChI=1S/C37H53N3O7/c1-11-22(2)29(39-35(45)47-37(8,9)10)33(43)40(28-20-24(28)4)30(26-19-15-16-23(3)31(26)41)32(42)38-27(34(44)46-36(5,6)7)21-25-17-13-12-14-18-25/h12-19,22,24,27-30,41H,11,20-21H2,1-10H3,(H,38,42)(H,39,45). The minimum absolute atomic E-state index is 0.0614. The minimum atomic E-state index is -1.31. The highest BCUT2D eigenvalue weighted by Crippen LogP contribution is 2.43. The first-order valence-corrected chi connectivity index (χ1v) is 16.5. The zero-order valence-corrected chi connectivity index (χ0v) is 29.5. The molecule has 47 heavy (non-hydrogen) atoms. The number of rotatable bonds is 12. The number of esters is 1. The third-order valence-electron chi connectivity index (χ3n) is 8.21. The maximum atomic E-state index is 14.7. The fourth-order valence-corrected chi connectivity index (χ4v) is 5.44. The van der Waals surface area contributed by atoms with Crippen LogP contribution in [0.4, 0.5) is 4.79 Å². The number of carbonyl (C=O) groups is 4. The Labute approximate surface area is 279 Å². The zero-order valence-electron chi connectivity index (χ0n) is 29.5. The monoisotopic (exact) mass is 651 g/mol. The summed E-state index contributed by atoms with van der Waals surface area (Å²) < 4.78 is 11.2. The quantitative estimate of drug-likeness (QED) is 0.240. The molecule has 0 saturated heterocycles. The third kappa shape index (κ3) is 10.5. The van der Waals surface area contributed by atoms with E-state index in [1.807, 2.05) is 51.1 Å². The number of benzene rings is 2. The van der Waals surface area contributed by atoms with E-state index in [2.05, 4.69) is 10.6 Å². The van der Waals surface area contributed by atoms with Gasteiger partial charge in [0.05, 0.1) is 0 Å². The van der Waals surface area contributed by atoms with E-state index in [0.29, 0.717) is 18.4 Å². The summed E-state index contributed by atoms with van der Waals surface area (Å²) in [5.41, 5.74) is -0.0515. The number of hydrogen-bond donors (Lipinski definition) is 3. The second-order valence-corrected chi connectivity index (χ2v) is 14.7. The number of carbonyl (C=O) groups excluding carboxylic acids is 4. The van der Waals surface area contributed by atoms with Crippen molar-refractivity contribution in [3.63, 3.8) is 0 Å². The maximum Gasteiger partial charge on any atom is 0.408 e. The summed E-state index contributed by atoms with van der Waals surface area (Å²) in [6, 6.07) is 10.5. The average Bonchev–Trinajstić information content (AvgIpc) is 3.69. The Hall–Kier alpha value is -4.08. The Kier molecular flexibility index (Phi) is 12.1. The lowest BCUT2D eigenvalue weighted by molar-refractivity contribution is -0.159. The molecule has 1 saturated carbocycles. The summed E-state index contributed by atoms with van der Waals surface area (Å²) >= 11 is 0. The number of ether oxygens (including phenoxy) is 2. The first kappa shape index (κ1) is 37.4. The van der Waals surface area contributed by atoms with E-state index in [1.165, 1.54) is 4.90 Å². The number of hydrogen-bond acceptors (Lipinski definition) is 7. The van der Waals surface area contributed by atoms with Gasteiger partial charge in [-0.15, -0.1) is 0 Å². The number of nitrogens with zero attached hydrogens (tertiary/aromatic N) is 1. The van der Waals surface area contributed by atoms with E-state index in [0.717, 1.165) is 5.56 Å². The molecule has 0 aromatic heterocycles. The van der Waals surface area contributed by atoms with Gasteiger partial charge in [-0.1, -0.05) is 75.7 Å². The smallest absolute Gasteiger partial charge is 0.408 e. The van der Waals surface area contributed by atoms with Gasteiger partial charge in [0.15, 0.2) is 0 Å². The van der Waals surface area contributed by atoms with Crippen molar-refractivity contribution < 1.29 is 33.8 Å². The summed E-state index contributed by atoms with van der Waals surface area (Å²) in [5, 5.41) is 17.0. The van der Waals surface area contributed by atoms with Crippen LogP contribution in [0.1, 0.15) is 97.9 Å². The van der Waals surface area contributed by atoms with Crippen molar-refractivity contribution in [1.82, 2.24) is 15.5 Å². The molecule has 3 N–H and O–H groups in total. The van der Waals surface area contributed by atoms with Crippen LogP contribution in [0.15, 0.2) is 48.5 Å². The van der Waals surface area contributed by atoms with Crippen molar-refractivity contribution in [2.24, 2.45) is 11.8 Å². The molecule has 2 aromatic rings. The molecule has 0 radical (unpaired) electrons. The average molecular weight is 652 g/mol. The van der Waals surface area contributed by atoms with Crippen molar-refractivity contribution in [2.75, 3.05) is 0 Å². The topological polar surface area (TPSA) is 134 Å². The first-order valence-electron chi connectivity index (χ1n) is 16.5.